The summed E-state index contributed by atoms with van der Waals surface area (Å²) in [6.07, 6.45) is 4.85. The summed E-state index contributed by atoms with van der Waals surface area (Å²) in [7, 11) is 0. The van der Waals surface area contributed by atoms with E-state index in [1.54, 1.807) is 0 Å². The number of fused-ring (bicyclic) bond motifs is 5. The summed E-state index contributed by atoms with van der Waals surface area (Å²) in [5, 5.41) is 20.9. The molecule has 4 aliphatic carbocycles. The normalized spacial score (nSPS) is 45.5. The van der Waals surface area contributed by atoms with Crippen LogP contribution in [0.4, 0.5) is 4.39 Å². The van der Waals surface area contributed by atoms with E-state index in [0.29, 0.717) is 24.2 Å². The van der Waals surface area contributed by atoms with Crippen LogP contribution in [0.1, 0.15) is 65.7 Å². The molecule has 1 N–H and O–H groups in total. The zero-order chi connectivity index (χ0) is 20.4. The lowest BCUT2D eigenvalue weighted by atomic mass is 9.45. The Morgan fingerprint density at radius 3 is 2.61 bits per heavy atom. The number of ketones is 1. The van der Waals surface area contributed by atoms with Crippen LogP contribution in [0.15, 0.2) is 22.9 Å². The minimum atomic E-state index is -1.91. The molecule has 0 saturated heterocycles. The third kappa shape index (κ3) is 2.56. The molecule has 0 bridgehead atoms. The highest BCUT2D eigenvalue weighted by atomic mass is 19.1. The maximum Gasteiger partial charge on any atom is 0.311 e. The molecule has 5 nitrogen and oxygen atoms in total. The molecule has 6 heteroatoms. The van der Waals surface area contributed by atoms with Crippen molar-refractivity contribution in [1.82, 2.24) is 0 Å². The van der Waals surface area contributed by atoms with Gasteiger partial charge in [0, 0.05) is 17.4 Å². The van der Waals surface area contributed by atoms with Crippen LogP contribution in [0.5, 0.6) is 0 Å². The van der Waals surface area contributed by atoms with E-state index in [9.17, 15) is 24.4 Å². The van der Waals surface area contributed by atoms with Gasteiger partial charge in [-0.05, 0) is 73.7 Å². The van der Waals surface area contributed by atoms with Gasteiger partial charge in [-0.2, -0.15) is 0 Å². The second-order valence-electron chi connectivity index (χ2n) is 9.87. The fraction of sp³-hybridized carbons (Fsp3) is 0.773. The fourth-order valence-electron chi connectivity index (χ4n) is 7.53. The Morgan fingerprint density at radius 1 is 1.25 bits per heavy atom. The summed E-state index contributed by atoms with van der Waals surface area (Å²) in [5.41, 5.74) is 1.27. The van der Waals surface area contributed by atoms with Crippen LogP contribution >= 0.6 is 0 Å². The van der Waals surface area contributed by atoms with Crippen LogP contribution in [0, 0.1) is 44.6 Å². The number of nitrogens with zero attached hydrogens (tertiary/aromatic N) is 1. The first-order valence-electron chi connectivity index (χ1n) is 10.5. The Hall–Kier alpha value is -1.56. The molecule has 4 rings (SSSR count). The first-order chi connectivity index (χ1) is 13.1. The van der Waals surface area contributed by atoms with Gasteiger partial charge in [-0.3, -0.25) is 14.9 Å². The third-order valence-corrected chi connectivity index (χ3v) is 9.02. The van der Waals surface area contributed by atoms with Crippen molar-refractivity contribution in [3.63, 3.8) is 0 Å². The zero-order valence-electron chi connectivity index (χ0n) is 16.9. The molecule has 0 spiro atoms. The molecule has 0 aliphatic heterocycles. The number of hydrogen-bond acceptors (Lipinski definition) is 4. The average Bonchev–Trinajstić information content (AvgIpc) is 2.92. The Bertz CT molecular complexity index is 787. The highest BCUT2D eigenvalue weighted by Gasteiger charge is 2.61. The molecule has 0 heterocycles. The quantitative estimate of drug-likeness (QED) is 0.424. The highest BCUT2D eigenvalue weighted by Crippen LogP contribution is 2.67. The molecule has 0 amide bonds. The van der Waals surface area contributed by atoms with E-state index in [-0.39, 0.29) is 34.6 Å². The molecule has 28 heavy (non-hydrogen) atoms. The van der Waals surface area contributed by atoms with E-state index in [2.05, 4.69) is 20.8 Å². The van der Waals surface area contributed by atoms with Gasteiger partial charge in [0.15, 0.2) is 0 Å². The Balaban J connectivity index is 1.75. The van der Waals surface area contributed by atoms with Crippen molar-refractivity contribution in [3.05, 3.63) is 33.0 Å². The molecule has 4 aliphatic rings. The van der Waals surface area contributed by atoms with Gasteiger partial charge in [-0.15, -0.1) is 0 Å². The van der Waals surface area contributed by atoms with E-state index < -0.39 is 11.3 Å². The number of hydrogen-bond donors (Lipinski definition) is 1. The van der Waals surface area contributed by atoms with Crippen LogP contribution in [-0.2, 0) is 4.79 Å². The second-order valence-corrected chi connectivity index (χ2v) is 9.87. The number of carbonyl (C=O) groups excluding carboxylic acids is 1. The number of aliphatic hydroxyl groups is 1. The van der Waals surface area contributed by atoms with Crippen LogP contribution in [-0.4, -0.2) is 22.2 Å². The average molecular weight is 391 g/mol. The monoisotopic (exact) mass is 391 g/mol. The number of nitro groups is 1. The van der Waals surface area contributed by atoms with Crippen molar-refractivity contribution in [3.8, 4) is 0 Å². The van der Waals surface area contributed by atoms with E-state index in [1.165, 1.54) is 6.08 Å². The van der Waals surface area contributed by atoms with Crippen LogP contribution < -0.4 is 0 Å². The molecule has 3 fully saturated rings. The maximum absolute atomic E-state index is 13.3. The standard InChI is InChI=1S/C22H30FNO4/c1-12-10-18(25)20(24(27)28)17-7-5-14-15-6-4-13(11-19(23)26)21(15,2)9-8-16(14)22(12,17)3/h11-12,14-16,19,26H,4-10H2,1-3H3/t12?,14-,15-,16-,19?,21+,22+/m0/s1. The van der Waals surface area contributed by atoms with Crippen LogP contribution in [0.25, 0.3) is 0 Å². The van der Waals surface area contributed by atoms with Crippen LogP contribution in [0.2, 0.25) is 0 Å². The van der Waals surface area contributed by atoms with Crippen molar-refractivity contribution >= 4 is 5.78 Å². The van der Waals surface area contributed by atoms with E-state index in [0.717, 1.165) is 43.3 Å². The molecule has 2 unspecified atom stereocenters. The summed E-state index contributed by atoms with van der Waals surface area (Å²) in [5.74, 6) is 0.950. The number of aliphatic hydroxyl groups excluding tert-OH is 1. The number of halogens is 1. The van der Waals surface area contributed by atoms with Gasteiger partial charge in [0.05, 0.1) is 4.92 Å². The first-order valence-corrected chi connectivity index (χ1v) is 10.5. The minimum absolute atomic E-state index is 0.0918. The van der Waals surface area contributed by atoms with Crippen molar-refractivity contribution in [2.24, 2.45) is 34.5 Å². The van der Waals surface area contributed by atoms with Crippen molar-refractivity contribution in [2.75, 3.05) is 0 Å². The molecule has 0 aromatic carbocycles. The molecular formula is C22H30FNO4. The van der Waals surface area contributed by atoms with Gasteiger partial charge in [0.2, 0.25) is 12.1 Å². The lowest BCUT2D eigenvalue weighted by Gasteiger charge is -2.58. The summed E-state index contributed by atoms with van der Waals surface area (Å²) < 4.78 is 13.3. The number of allylic oxidation sites excluding steroid dienone is 2. The van der Waals surface area contributed by atoms with Crippen LogP contribution in [0.3, 0.4) is 0 Å². The smallest absolute Gasteiger partial charge is 0.311 e. The van der Waals surface area contributed by atoms with E-state index >= 15 is 0 Å². The van der Waals surface area contributed by atoms with Gasteiger partial charge < -0.3 is 5.11 Å². The molecule has 0 aromatic heterocycles. The number of alkyl halides is 1. The predicted octanol–water partition coefficient (Wildman–Crippen LogP) is 4.58. The van der Waals surface area contributed by atoms with Crippen molar-refractivity contribution in [1.29, 1.82) is 0 Å². The van der Waals surface area contributed by atoms with Crippen molar-refractivity contribution in [2.45, 2.75) is 72.1 Å². The largest absolute Gasteiger partial charge is 0.361 e. The Labute approximate surface area is 165 Å². The summed E-state index contributed by atoms with van der Waals surface area (Å²) in [6, 6.07) is 0. The summed E-state index contributed by atoms with van der Waals surface area (Å²) in [6.45, 7) is 6.43. The number of carbonyl (C=O) groups is 1. The third-order valence-electron chi connectivity index (χ3n) is 9.02. The number of rotatable bonds is 2. The molecule has 7 atom stereocenters. The summed E-state index contributed by atoms with van der Waals surface area (Å²) >= 11 is 0. The Kier molecular flexibility index (Phi) is 4.57. The molecule has 3 saturated carbocycles. The second kappa shape index (κ2) is 6.48. The lowest BCUT2D eigenvalue weighted by molar-refractivity contribution is -0.422. The lowest BCUT2D eigenvalue weighted by Crippen LogP contribution is -2.53. The topological polar surface area (TPSA) is 80.4 Å². The zero-order valence-corrected chi connectivity index (χ0v) is 16.9. The number of Topliss-reactive ketones (excluding diaryl/α,β-unsaturated/α-hetero) is 1. The SMILES string of the molecule is CC1CC(=O)C([N+](=O)[O-])=C2CC[C@H]3[C@@H]4CCC(=CC(O)F)[C@@]4(C)CC[C@@H]3[C@]21C. The molecule has 0 radical (unpaired) electrons. The highest BCUT2D eigenvalue weighted by molar-refractivity contribution is 5.95. The van der Waals surface area contributed by atoms with E-state index in [4.69, 9.17) is 0 Å². The maximum atomic E-state index is 13.3. The van der Waals surface area contributed by atoms with Crippen molar-refractivity contribution < 1.29 is 19.2 Å². The Morgan fingerprint density at radius 2 is 1.96 bits per heavy atom. The molecule has 154 valence electrons. The first kappa shape index (κ1) is 19.7. The van der Waals surface area contributed by atoms with Gasteiger partial charge in [-0.1, -0.05) is 26.3 Å². The fourth-order valence-corrected chi connectivity index (χ4v) is 7.53. The molecular weight excluding hydrogens is 361 g/mol. The minimum Gasteiger partial charge on any atom is -0.361 e. The summed E-state index contributed by atoms with van der Waals surface area (Å²) in [4.78, 5) is 23.6. The molecule has 0 aromatic rings. The van der Waals surface area contributed by atoms with Gasteiger partial charge in [0.1, 0.15) is 0 Å². The predicted molar refractivity (Wildman–Crippen MR) is 102 cm³/mol. The van der Waals surface area contributed by atoms with Gasteiger partial charge in [-0.25, -0.2) is 4.39 Å². The van der Waals surface area contributed by atoms with Gasteiger partial charge in [0.25, 0.3) is 0 Å². The van der Waals surface area contributed by atoms with Gasteiger partial charge >= 0.3 is 5.70 Å². The van der Waals surface area contributed by atoms with E-state index in [1.807, 2.05) is 0 Å².